The highest BCUT2D eigenvalue weighted by Crippen LogP contribution is 2.45. The van der Waals surface area contributed by atoms with Crippen LogP contribution in [0.25, 0.3) is 0 Å². The number of nitrogens with one attached hydrogen (secondary N) is 1. The lowest BCUT2D eigenvalue weighted by atomic mass is 9.87. The van der Waals surface area contributed by atoms with Crippen LogP contribution in [-0.2, 0) is 4.79 Å². The number of benzene rings is 1. The van der Waals surface area contributed by atoms with E-state index in [2.05, 4.69) is 19.2 Å². The van der Waals surface area contributed by atoms with E-state index in [1.54, 1.807) is 12.1 Å². The average Bonchev–Trinajstić information content (AvgIpc) is 2.55. The van der Waals surface area contributed by atoms with Crippen LogP contribution in [0.5, 0.6) is 0 Å². The van der Waals surface area contributed by atoms with Gasteiger partial charge in [-0.25, -0.2) is 9.18 Å². The predicted molar refractivity (Wildman–Crippen MR) is 68.0 cm³/mol. The van der Waals surface area contributed by atoms with Crippen LogP contribution in [0, 0.1) is 11.2 Å². The number of hydrogen-bond donors (Lipinski definition) is 2. The number of aliphatic carboxylic acids is 1. The molecule has 2 N–H and O–H groups in total. The molecular formula is C14H18FNO2. The van der Waals surface area contributed by atoms with E-state index in [1.807, 2.05) is 0 Å². The summed E-state index contributed by atoms with van der Waals surface area (Å²) in [5, 5.41) is 12.5. The van der Waals surface area contributed by atoms with Crippen LogP contribution in [0.4, 0.5) is 10.1 Å². The van der Waals surface area contributed by atoms with Crippen molar-refractivity contribution in [3.63, 3.8) is 0 Å². The van der Waals surface area contributed by atoms with Crippen LogP contribution in [0.15, 0.2) is 24.3 Å². The highest BCUT2D eigenvalue weighted by molar-refractivity contribution is 5.83. The minimum atomic E-state index is -0.975. The van der Waals surface area contributed by atoms with E-state index in [9.17, 15) is 14.3 Å². The van der Waals surface area contributed by atoms with Gasteiger partial charge in [0.25, 0.3) is 0 Å². The number of carbonyl (C=O) groups is 1. The van der Waals surface area contributed by atoms with Crippen LogP contribution >= 0.6 is 0 Å². The van der Waals surface area contributed by atoms with Gasteiger partial charge in [-0.3, -0.25) is 0 Å². The molecule has 0 amide bonds. The lowest BCUT2D eigenvalue weighted by Crippen LogP contribution is -2.44. The van der Waals surface area contributed by atoms with Crippen molar-refractivity contribution in [3.8, 4) is 0 Å². The second-order valence-corrected chi connectivity index (χ2v) is 5.86. The molecule has 0 saturated heterocycles. The number of rotatable bonds is 3. The van der Waals surface area contributed by atoms with E-state index < -0.39 is 11.5 Å². The lowest BCUT2D eigenvalue weighted by Gasteiger charge is -2.28. The molecule has 1 aromatic rings. The van der Waals surface area contributed by atoms with Crippen molar-refractivity contribution < 1.29 is 14.3 Å². The molecule has 0 radical (unpaired) electrons. The maximum atomic E-state index is 13.1. The molecule has 2 rings (SSSR count). The molecule has 0 aliphatic heterocycles. The molecule has 0 spiro atoms. The fourth-order valence-corrected chi connectivity index (χ4v) is 2.73. The summed E-state index contributed by atoms with van der Waals surface area (Å²) >= 11 is 0. The van der Waals surface area contributed by atoms with Crippen molar-refractivity contribution in [2.24, 2.45) is 5.41 Å². The summed E-state index contributed by atoms with van der Waals surface area (Å²) in [6.45, 7) is 4.12. The monoisotopic (exact) mass is 251 g/mol. The molecule has 1 aromatic carbocycles. The third-order valence-electron chi connectivity index (χ3n) is 3.63. The van der Waals surface area contributed by atoms with Crippen LogP contribution in [0.2, 0.25) is 0 Å². The Morgan fingerprint density at radius 2 is 2.11 bits per heavy atom. The average molecular weight is 251 g/mol. The van der Waals surface area contributed by atoms with Gasteiger partial charge in [-0.1, -0.05) is 19.9 Å². The van der Waals surface area contributed by atoms with E-state index in [4.69, 9.17) is 0 Å². The molecule has 1 saturated carbocycles. The summed E-state index contributed by atoms with van der Waals surface area (Å²) in [7, 11) is 0. The molecule has 0 heterocycles. The molecule has 4 heteroatoms. The molecule has 18 heavy (non-hydrogen) atoms. The second-order valence-electron chi connectivity index (χ2n) is 5.86. The molecule has 98 valence electrons. The van der Waals surface area contributed by atoms with Gasteiger partial charge in [0.05, 0.1) is 0 Å². The SMILES string of the molecule is CC1(C)CCC(Nc2cccc(F)c2)(C(=O)O)C1. The van der Waals surface area contributed by atoms with E-state index in [-0.39, 0.29) is 11.2 Å². The maximum absolute atomic E-state index is 13.1. The first kappa shape index (κ1) is 12.9. The molecule has 3 nitrogen and oxygen atoms in total. The van der Waals surface area contributed by atoms with Gasteiger partial charge in [0.15, 0.2) is 0 Å². The van der Waals surface area contributed by atoms with Crippen LogP contribution < -0.4 is 5.32 Å². The zero-order chi connectivity index (χ0) is 13.4. The van der Waals surface area contributed by atoms with Crippen molar-refractivity contribution in [2.45, 2.75) is 38.6 Å². The van der Waals surface area contributed by atoms with Crippen LogP contribution in [0.3, 0.4) is 0 Å². The van der Waals surface area contributed by atoms with Crippen molar-refractivity contribution in [1.29, 1.82) is 0 Å². The normalized spacial score (nSPS) is 25.9. The zero-order valence-corrected chi connectivity index (χ0v) is 10.7. The van der Waals surface area contributed by atoms with Crippen LogP contribution in [-0.4, -0.2) is 16.6 Å². The number of carboxylic acid groups (broad SMARTS) is 1. The summed E-state index contributed by atoms with van der Waals surface area (Å²) in [5.74, 6) is -1.23. The topological polar surface area (TPSA) is 49.3 Å². The Bertz CT molecular complexity index is 473. The smallest absolute Gasteiger partial charge is 0.329 e. The number of anilines is 1. The summed E-state index contributed by atoms with van der Waals surface area (Å²) in [6.07, 6.45) is 1.96. The first-order valence-electron chi connectivity index (χ1n) is 6.10. The maximum Gasteiger partial charge on any atom is 0.329 e. The van der Waals surface area contributed by atoms with Gasteiger partial charge in [-0.15, -0.1) is 0 Å². The molecule has 0 bridgehead atoms. The molecule has 1 aliphatic rings. The predicted octanol–water partition coefficient (Wildman–Crippen LogP) is 3.27. The van der Waals surface area contributed by atoms with Gasteiger partial charge in [0, 0.05) is 5.69 Å². The van der Waals surface area contributed by atoms with Crippen molar-refractivity contribution in [2.75, 3.05) is 5.32 Å². The van der Waals surface area contributed by atoms with Crippen molar-refractivity contribution in [1.82, 2.24) is 0 Å². The molecular weight excluding hydrogens is 233 g/mol. The van der Waals surface area contributed by atoms with Gasteiger partial charge < -0.3 is 10.4 Å². The molecule has 0 aromatic heterocycles. The zero-order valence-electron chi connectivity index (χ0n) is 10.7. The van der Waals surface area contributed by atoms with E-state index >= 15 is 0 Å². The Morgan fingerprint density at radius 3 is 2.61 bits per heavy atom. The van der Waals surface area contributed by atoms with Crippen LogP contribution in [0.1, 0.15) is 33.1 Å². The fourth-order valence-electron chi connectivity index (χ4n) is 2.73. The standard InChI is InChI=1S/C14H18FNO2/c1-13(2)6-7-14(9-13,12(17)18)16-11-5-3-4-10(15)8-11/h3-5,8,16H,6-7,9H2,1-2H3,(H,17,18). The molecule has 1 atom stereocenters. The van der Waals surface area contributed by atoms with E-state index in [0.717, 1.165) is 6.42 Å². The number of carboxylic acids is 1. The van der Waals surface area contributed by atoms with Crippen molar-refractivity contribution in [3.05, 3.63) is 30.1 Å². The van der Waals surface area contributed by atoms with Gasteiger partial charge in [0.1, 0.15) is 11.4 Å². The molecule has 1 fully saturated rings. The first-order chi connectivity index (χ1) is 8.33. The van der Waals surface area contributed by atoms with Gasteiger partial charge in [0.2, 0.25) is 0 Å². The summed E-state index contributed by atoms with van der Waals surface area (Å²) in [6, 6.07) is 5.94. The summed E-state index contributed by atoms with van der Waals surface area (Å²) < 4.78 is 13.1. The lowest BCUT2D eigenvalue weighted by molar-refractivity contribution is -0.142. The highest BCUT2D eigenvalue weighted by Gasteiger charge is 2.48. The number of hydrogen-bond acceptors (Lipinski definition) is 2. The Morgan fingerprint density at radius 1 is 1.39 bits per heavy atom. The first-order valence-corrected chi connectivity index (χ1v) is 6.10. The minimum Gasteiger partial charge on any atom is -0.480 e. The fraction of sp³-hybridized carbons (Fsp3) is 0.500. The quantitative estimate of drug-likeness (QED) is 0.866. The van der Waals surface area contributed by atoms with Crippen molar-refractivity contribution >= 4 is 11.7 Å². The summed E-state index contributed by atoms with van der Waals surface area (Å²) in [5.41, 5.74) is -0.453. The Kier molecular flexibility index (Phi) is 3.05. The van der Waals surface area contributed by atoms with Gasteiger partial charge >= 0.3 is 5.97 Å². The Labute approximate surface area is 106 Å². The number of halogens is 1. The second kappa shape index (κ2) is 4.26. The van der Waals surface area contributed by atoms with Gasteiger partial charge in [-0.05, 0) is 42.9 Å². The van der Waals surface area contributed by atoms with Gasteiger partial charge in [-0.2, -0.15) is 0 Å². The third kappa shape index (κ3) is 2.47. The largest absolute Gasteiger partial charge is 0.480 e. The van der Waals surface area contributed by atoms with E-state index in [1.165, 1.54) is 12.1 Å². The molecule has 1 unspecified atom stereocenters. The highest BCUT2D eigenvalue weighted by atomic mass is 19.1. The third-order valence-corrected chi connectivity index (χ3v) is 3.63. The van der Waals surface area contributed by atoms with E-state index in [0.29, 0.717) is 18.5 Å². The molecule has 1 aliphatic carbocycles. The minimum absolute atomic E-state index is 0.00127. The Balaban J connectivity index is 2.26. The Hall–Kier alpha value is -1.58. The summed E-state index contributed by atoms with van der Waals surface area (Å²) in [4.78, 5) is 11.5.